The number of piperazine rings is 1. The summed E-state index contributed by atoms with van der Waals surface area (Å²) in [5.41, 5.74) is 3.36. The van der Waals surface area contributed by atoms with Gasteiger partial charge in [0, 0.05) is 57.9 Å². The Bertz CT molecular complexity index is 1090. The molecule has 0 spiro atoms. The van der Waals surface area contributed by atoms with Gasteiger partial charge in [-0.1, -0.05) is 30.3 Å². The van der Waals surface area contributed by atoms with E-state index in [0.717, 1.165) is 44.0 Å². The van der Waals surface area contributed by atoms with Crippen LogP contribution in [-0.2, 0) is 27.8 Å². The molecule has 2 heterocycles. The highest BCUT2D eigenvalue weighted by molar-refractivity contribution is 7.89. The Morgan fingerprint density at radius 2 is 1.59 bits per heavy atom. The zero-order valence-corrected chi connectivity index (χ0v) is 20.8. The van der Waals surface area contributed by atoms with Crippen LogP contribution in [0.2, 0.25) is 0 Å². The number of sulfonamides is 1. The first-order chi connectivity index (χ1) is 16.3. The first kappa shape index (κ1) is 24.8. The molecule has 0 aliphatic carbocycles. The van der Waals surface area contributed by atoms with Crippen molar-refractivity contribution >= 4 is 15.9 Å². The molecule has 0 aromatic heterocycles. The van der Waals surface area contributed by atoms with Gasteiger partial charge in [-0.05, 0) is 42.8 Å². The third kappa shape index (κ3) is 6.03. The van der Waals surface area contributed by atoms with E-state index < -0.39 is 10.0 Å². The Morgan fingerprint density at radius 3 is 2.26 bits per heavy atom. The van der Waals surface area contributed by atoms with Gasteiger partial charge in [-0.25, -0.2) is 8.42 Å². The number of carbonyl (C=O) groups is 1. The van der Waals surface area contributed by atoms with Gasteiger partial charge < -0.3 is 15.0 Å². The quantitative estimate of drug-likeness (QED) is 0.642. The van der Waals surface area contributed by atoms with E-state index in [9.17, 15) is 13.2 Å². The zero-order valence-electron chi connectivity index (χ0n) is 20.0. The lowest BCUT2D eigenvalue weighted by Crippen LogP contribution is -2.47. The van der Waals surface area contributed by atoms with Crippen molar-refractivity contribution in [3.05, 3.63) is 64.7 Å². The van der Waals surface area contributed by atoms with E-state index in [1.807, 2.05) is 26.1 Å². The summed E-state index contributed by atoms with van der Waals surface area (Å²) in [6, 6.07) is 13.0. The fraction of sp³-hybridized carbons (Fsp3) is 0.480. The molecule has 0 saturated carbocycles. The summed E-state index contributed by atoms with van der Waals surface area (Å²) in [6.45, 7) is 8.85. The van der Waals surface area contributed by atoms with Crippen molar-refractivity contribution in [3.8, 4) is 0 Å². The van der Waals surface area contributed by atoms with Gasteiger partial charge in [-0.15, -0.1) is 0 Å². The van der Waals surface area contributed by atoms with Crippen LogP contribution in [0.5, 0.6) is 0 Å². The van der Waals surface area contributed by atoms with E-state index in [4.69, 9.17) is 4.74 Å². The zero-order chi connectivity index (χ0) is 24.1. The van der Waals surface area contributed by atoms with Crippen LogP contribution < -0.4 is 5.32 Å². The Hall–Kier alpha value is -2.30. The molecule has 2 aromatic carbocycles. The SMILES string of the molecule is Cc1ccc(S(=O)(=O)N2CCN(C)CC2)cc1C(=O)NCc1ccc(CN2CCOCC2)cc1. The van der Waals surface area contributed by atoms with E-state index in [1.165, 1.54) is 15.9 Å². The molecule has 2 saturated heterocycles. The van der Waals surface area contributed by atoms with Crippen LogP contribution in [-0.4, -0.2) is 88.0 Å². The van der Waals surface area contributed by atoms with Crippen molar-refractivity contribution in [1.82, 2.24) is 19.4 Å². The maximum atomic E-state index is 13.1. The van der Waals surface area contributed by atoms with Crippen LogP contribution in [0.15, 0.2) is 47.4 Å². The number of carbonyl (C=O) groups excluding carboxylic acids is 1. The van der Waals surface area contributed by atoms with Crippen molar-refractivity contribution in [3.63, 3.8) is 0 Å². The number of hydrogen-bond donors (Lipinski definition) is 1. The maximum absolute atomic E-state index is 13.1. The van der Waals surface area contributed by atoms with Gasteiger partial charge in [-0.3, -0.25) is 9.69 Å². The average molecular weight is 487 g/mol. The summed E-state index contributed by atoms with van der Waals surface area (Å²) >= 11 is 0. The van der Waals surface area contributed by atoms with Crippen molar-refractivity contribution < 1.29 is 17.9 Å². The van der Waals surface area contributed by atoms with E-state index in [-0.39, 0.29) is 10.8 Å². The highest BCUT2D eigenvalue weighted by atomic mass is 32.2. The summed E-state index contributed by atoms with van der Waals surface area (Å²) in [7, 11) is -1.65. The Labute approximate surface area is 202 Å². The minimum Gasteiger partial charge on any atom is -0.379 e. The van der Waals surface area contributed by atoms with E-state index >= 15 is 0 Å². The van der Waals surface area contributed by atoms with Crippen LogP contribution in [0, 0.1) is 6.92 Å². The molecule has 184 valence electrons. The molecular weight excluding hydrogens is 452 g/mol. The molecule has 4 rings (SSSR count). The molecule has 0 bridgehead atoms. The van der Waals surface area contributed by atoms with Crippen LogP contribution in [0.25, 0.3) is 0 Å². The number of nitrogens with zero attached hydrogens (tertiary/aromatic N) is 3. The molecule has 1 amide bonds. The van der Waals surface area contributed by atoms with Crippen LogP contribution >= 0.6 is 0 Å². The Balaban J connectivity index is 1.38. The van der Waals surface area contributed by atoms with Crippen molar-refractivity contribution in [2.24, 2.45) is 0 Å². The monoisotopic (exact) mass is 486 g/mol. The molecule has 2 fully saturated rings. The van der Waals surface area contributed by atoms with Gasteiger partial charge in [-0.2, -0.15) is 4.31 Å². The Kier molecular flexibility index (Phi) is 8.00. The summed E-state index contributed by atoms with van der Waals surface area (Å²) < 4.78 is 33.1. The van der Waals surface area contributed by atoms with Gasteiger partial charge in [0.25, 0.3) is 5.91 Å². The number of rotatable bonds is 7. The lowest BCUT2D eigenvalue weighted by molar-refractivity contribution is 0.0342. The largest absolute Gasteiger partial charge is 0.379 e. The molecule has 34 heavy (non-hydrogen) atoms. The number of morpholine rings is 1. The predicted molar refractivity (Wildman–Crippen MR) is 131 cm³/mol. The molecule has 2 aliphatic heterocycles. The fourth-order valence-electron chi connectivity index (χ4n) is 4.24. The third-order valence-electron chi connectivity index (χ3n) is 6.54. The molecule has 1 N–H and O–H groups in total. The van der Waals surface area contributed by atoms with E-state index in [2.05, 4.69) is 27.2 Å². The minimum absolute atomic E-state index is 0.167. The van der Waals surface area contributed by atoms with E-state index in [0.29, 0.717) is 38.3 Å². The van der Waals surface area contributed by atoms with Gasteiger partial charge in [0.2, 0.25) is 10.0 Å². The minimum atomic E-state index is -3.63. The molecule has 0 unspecified atom stereocenters. The first-order valence-corrected chi connectivity index (χ1v) is 13.2. The predicted octanol–water partition coefficient (Wildman–Crippen LogP) is 1.69. The normalized spacial score (nSPS) is 18.6. The molecule has 9 heteroatoms. The maximum Gasteiger partial charge on any atom is 0.251 e. The second-order valence-electron chi connectivity index (χ2n) is 9.07. The summed E-state index contributed by atoms with van der Waals surface area (Å²) in [6.07, 6.45) is 0. The Morgan fingerprint density at radius 1 is 0.941 bits per heavy atom. The van der Waals surface area contributed by atoms with Gasteiger partial charge in [0.15, 0.2) is 0 Å². The number of benzene rings is 2. The van der Waals surface area contributed by atoms with Crippen LogP contribution in [0.3, 0.4) is 0 Å². The summed E-state index contributed by atoms with van der Waals surface area (Å²) in [4.78, 5) is 17.6. The number of ether oxygens (including phenoxy) is 1. The standard InChI is InChI=1S/C25H34N4O4S/c1-20-3-8-23(34(31,32)29-11-9-27(2)10-12-29)17-24(20)25(30)26-18-21-4-6-22(7-5-21)19-28-13-15-33-16-14-28/h3-8,17H,9-16,18-19H2,1-2H3,(H,26,30). The molecular formula is C25H34N4O4S. The van der Waals surface area contributed by atoms with Gasteiger partial charge >= 0.3 is 0 Å². The van der Waals surface area contributed by atoms with E-state index in [1.54, 1.807) is 12.1 Å². The summed E-state index contributed by atoms with van der Waals surface area (Å²) in [5.74, 6) is -0.273. The van der Waals surface area contributed by atoms with Gasteiger partial charge in [0.05, 0.1) is 18.1 Å². The smallest absolute Gasteiger partial charge is 0.251 e. The topological polar surface area (TPSA) is 82.2 Å². The molecule has 2 aromatic rings. The number of aryl methyl sites for hydroxylation is 1. The highest BCUT2D eigenvalue weighted by Gasteiger charge is 2.28. The van der Waals surface area contributed by atoms with Crippen molar-refractivity contribution in [1.29, 1.82) is 0 Å². The third-order valence-corrected chi connectivity index (χ3v) is 8.43. The lowest BCUT2D eigenvalue weighted by Gasteiger charge is -2.31. The molecule has 2 aliphatic rings. The summed E-state index contributed by atoms with van der Waals surface area (Å²) in [5, 5.41) is 2.94. The second kappa shape index (κ2) is 11.0. The van der Waals surface area contributed by atoms with Crippen LogP contribution in [0.1, 0.15) is 27.0 Å². The average Bonchev–Trinajstić information content (AvgIpc) is 2.84. The number of amides is 1. The molecule has 8 nitrogen and oxygen atoms in total. The molecule has 0 radical (unpaired) electrons. The second-order valence-corrected chi connectivity index (χ2v) is 11.0. The fourth-order valence-corrected chi connectivity index (χ4v) is 5.69. The molecule has 0 atom stereocenters. The number of likely N-dealkylation sites (N-methyl/N-ethyl adjacent to an activating group) is 1. The van der Waals surface area contributed by atoms with Crippen molar-refractivity contribution in [2.45, 2.75) is 24.9 Å². The van der Waals surface area contributed by atoms with Gasteiger partial charge in [0.1, 0.15) is 0 Å². The first-order valence-electron chi connectivity index (χ1n) is 11.8. The van der Waals surface area contributed by atoms with Crippen molar-refractivity contribution in [2.75, 3.05) is 59.5 Å². The lowest BCUT2D eigenvalue weighted by atomic mass is 10.1. The highest BCUT2D eigenvalue weighted by Crippen LogP contribution is 2.21. The number of hydrogen-bond acceptors (Lipinski definition) is 6. The number of nitrogens with one attached hydrogen (secondary N) is 1. The van der Waals surface area contributed by atoms with Crippen LogP contribution in [0.4, 0.5) is 0 Å².